The van der Waals surface area contributed by atoms with Crippen molar-refractivity contribution in [1.82, 2.24) is 10.2 Å². The molecule has 2 aromatic rings. The zero-order valence-electron chi connectivity index (χ0n) is 21.6. The predicted octanol–water partition coefficient (Wildman–Crippen LogP) is 5.95. The average molecular weight is 451 g/mol. The zero-order valence-corrected chi connectivity index (χ0v) is 21.6. The highest BCUT2D eigenvalue weighted by Gasteiger charge is 2.29. The summed E-state index contributed by atoms with van der Waals surface area (Å²) in [6.45, 7) is 15.1. The summed E-state index contributed by atoms with van der Waals surface area (Å²) in [5, 5.41) is 3.08. The third-order valence-corrected chi connectivity index (χ3v) is 6.44. The van der Waals surface area contributed by atoms with Crippen LogP contribution in [0.5, 0.6) is 0 Å². The number of carbonyl (C=O) groups excluding carboxylic acids is 2. The van der Waals surface area contributed by atoms with Gasteiger partial charge in [-0.3, -0.25) is 9.59 Å². The molecule has 2 atom stereocenters. The van der Waals surface area contributed by atoms with Crippen molar-refractivity contribution in [2.24, 2.45) is 0 Å². The molecule has 0 bridgehead atoms. The molecule has 180 valence electrons. The maximum Gasteiger partial charge on any atom is 0.243 e. The minimum atomic E-state index is -0.477. The van der Waals surface area contributed by atoms with Crippen LogP contribution in [0.1, 0.15) is 83.1 Å². The molecule has 0 aliphatic carbocycles. The first-order valence-electron chi connectivity index (χ1n) is 12.3. The molecule has 0 radical (unpaired) electrons. The number of amides is 2. The lowest BCUT2D eigenvalue weighted by molar-refractivity contribution is -0.141. The molecule has 2 rings (SSSR count). The Morgan fingerprint density at radius 1 is 0.970 bits per heavy atom. The molecule has 1 N–H and O–H groups in total. The molecule has 2 aromatic carbocycles. The third kappa shape index (κ3) is 7.73. The van der Waals surface area contributed by atoms with Crippen molar-refractivity contribution in [3.8, 4) is 0 Å². The molecule has 2 amide bonds. The number of nitrogens with one attached hydrogen (secondary N) is 1. The molecule has 4 heteroatoms. The van der Waals surface area contributed by atoms with Crippen LogP contribution in [0, 0.1) is 6.92 Å². The Balaban J connectivity index is 2.21. The van der Waals surface area contributed by atoms with Gasteiger partial charge in [0.15, 0.2) is 0 Å². The van der Waals surface area contributed by atoms with Crippen molar-refractivity contribution >= 4 is 11.8 Å². The largest absolute Gasteiger partial charge is 0.352 e. The van der Waals surface area contributed by atoms with Crippen molar-refractivity contribution in [3.63, 3.8) is 0 Å². The summed E-state index contributed by atoms with van der Waals surface area (Å²) in [6.07, 6.45) is 2.49. The van der Waals surface area contributed by atoms with Crippen molar-refractivity contribution in [1.29, 1.82) is 0 Å². The van der Waals surface area contributed by atoms with Crippen LogP contribution < -0.4 is 5.32 Å². The minimum absolute atomic E-state index is 0.0179. The van der Waals surface area contributed by atoms with Crippen LogP contribution in [0.2, 0.25) is 0 Å². The molecule has 0 spiro atoms. The molecule has 33 heavy (non-hydrogen) atoms. The second-order valence-corrected chi connectivity index (χ2v) is 10.1. The molecule has 0 aliphatic heterocycles. The fourth-order valence-electron chi connectivity index (χ4n) is 3.90. The van der Waals surface area contributed by atoms with Crippen LogP contribution in [0.25, 0.3) is 0 Å². The summed E-state index contributed by atoms with van der Waals surface area (Å²) in [6, 6.07) is 16.2. The van der Waals surface area contributed by atoms with Crippen molar-refractivity contribution in [2.45, 2.75) is 98.2 Å². The van der Waals surface area contributed by atoms with E-state index in [0.717, 1.165) is 23.1 Å². The van der Waals surface area contributed by atoms with Gasteiger partial charge >= 0.3 is 0 Å². The fraction of sp³-hybridized carbons (Fsp3) is 0.517. The monoisotopic (exact) mass is 450 g/mol. The number of hydrogen-bond donors (Lipinski definition) is 1. The Hall–Kier alpha value is -2.62. The standard InChI is InChI=1S/C29H42N2O2/c1-8-22(4)30-28(33)26(9-2)31(20-24-13-11-10-12-21(24)3)27(32)19-16-23-14-17-25(18-15-23)29(5,6)7/h10-15,17-18,22,26H,8-9,16,19-20H2,1-7H3,(H,30,33)/t22-,26-/m1/s1. The van der Waals surface area contributed by atoms with E-state index in [1.807, 2.05) is 39.0 Å². The van der Waals surface area contributed by atoms with E-state index in [1.54, 1.807) is 4.90 Å². The van der Waals surface area contributed by atoms with Gasteiger partial charge in [-0.2, -0.15) is 0 Å². The van der Waals surface area contributed by atoms with Gasteiger partial charge < -0.3 is 10.2 Å². The lowest BCUT2D eigenvalue weighted by Crippen LogP contribution is -2.50. The Bertz CT molecular complexity index is 912. The number of carbonyl (C=O) groups is 2. The maximum absolute atomic E-state index is 13.5. The quantitative estimate of drug-likeness (QED) is 0.486. The van der Waals surface area contributed by atoms with Crippen molar-refractivity contribution in [3.05, 3.63) is 70.8 Å². The summed E-state index contributed by atoms with van der Waals surface area (Å²) in [7, 11) is 0. The predicted molar refractivity (Wildman–Crippen MR) is 137 cm³/mol. The molecule has 4 nitrogen and oxygen atoms in total. The average Bonchev–Trinajstić information content (AvgIpc) is 2.78. The normalized spacial score (nSPS) is 13.3. The second-order valence-electron chi connectivity index (χ2n) is 10.1. The Morgan fingerprint density at radius 2 is 1.61 bits per heavy atom. The number of benzene rings is 2. The van der Waals surface area contributed by atoms with E-state index in [9.17, 15) is 9.59 Å². The highest BCUT2D eigenvalue weighted by Crippen LogP contribution is 2.23. The smallest absolute Gasteiger partial charge is 0.243 e. The second kappa shape index (κ2) is 12.0. The minimum Gasteiger partial charge on any atom is -0.352 e. The Labute approximate surface area is 200 Å². The van der Waals surface area contributed by atoms with Crippen LogP contribution >= 0.6 is 0 Å². The van der Waals surface area contributed by atoms with Crippen LogP contribution in [0.4, 0.5) is 0 Å². The first-order valence-corrected chi connectivity index (χ1v) is 12.3. The van der Waals surface area contributed by atoms with E-state index in [0.29, 0.717) is 25.8 Å². The summed E-state index contributed by atoms with van der Waals surface area (Å²) in [4.78, 5) is 28.3. The van der Waals surface area contributed by atoms with Gasteiger partial charge in [0.1, 0.15) is 6.04 Å². The molecule has 0 saturated heterocycles. The van der Waals surface area contributed by atoms with Crippen molar-refractivity contribution < 1.29 is 9.59 Å². The van der Waals surface area contributed by atoms with Crippen LogP contribution in [0.3, 0.4) is 0 Å². The lowest BCUT2D eigenvalue weighted by Gasteiger charge is -2.32. The molecule has 0 unspecified atom stereocenters. The summed E-state index contributed by atoms with van der Waals surface area (Å²) in [5.74, 6) is -0.0485. The van der Waals surface area contributed by atoms with E-state index >= 15 is 0 Å². The lowest BCUT2D eigenvalue weighted by atomic mass is 9.86. The van der Waals surface area contributed by atoms with Gasteiger partial charge in [0.2, 0.25) is 11.8 Å². The number of nitrogens with zero attached hydrogens (tertiary/aromatic N) is 1. The topological polar surface area (TPSA) is 49.4 Å². The Morgan fingerprint density at radius 3 is 2.15 bits per heavy atom. The molecule has 0 aromatic heterocycles. The van der Waals surface area contributed by atoms with Gasteiger partial charge in [-0.25, -0.2) is 0 Å². The number of hydrogen-bond acceptors (Lipinski definition) is 2. The van der Waals surface area contributed by atoms with Gasteiger partial charge in [-0.15, -0.1) is 0 Å². The van der Waals surface area contributed by atoms with Crippen LogP contribution in [-0.2, 0) is 28.0 Å². The first-order chi connectivity index (χ1) is 15.6. The fourth-order valence-corrected chi connectivity index (χ4v) is 3.90. The van der Waals surface area contributed by atoms with E-state index in [-0.39, 0.29) is 23.3 Å². The molecule has 0 heterocycles. The molecule has 0 aliphatic rings. The van der Waals surface area contributed by atoms with E-state index in [1.165, 1.54) is 5.56 Å². The summed E-state index contributed by atoms with van der Waals surface area (Å²) < 4.78 is 0. The van der Waals surface area contributed by atoms with Gasteiger partial charge in [0.05, 0.1) is 0 Å². The summed E-state index contributed by atoms with van der Waals surface area (Å²) in [5.41, 5.74) is 4.74. The third-order valence-electron chi connectivity index (χ3n) is 6.44. The van der Waals surface area contributed by atoms with Gasteiger partial charge in [-0.05, 0) is 60.8 Å². The van der Waals surface area contributed by atoms with Crippen LogP contribution in [-0.4, -0.2) is 28.8 Å². The molecular weight excluding hydrogens is 408 g/mol. The molecule has 0 saturated carbocycles. The molecular formula is C29H42N2O2. The number of rotatable bonds is 10. The van der Waals surface area contributed by atoms with Gasteiger partial charge in [-0.1, -0.05) is 83.1 Å². The van der Waals surface area contributed by atoms with Gasteiger partial charge in [0.25, 0.3) is 0 Å². The maximum atomic E-state index is 13.5. The highest BCUT2D eigenvalue weighted by molar-refractivity contribution is 5.88. The van der Waals surface area contributed by atoms with E-state index < -0.39 is 6.04 Å². The number of aryl methyl sites for hydroxylation is 2. The van der Waals surface area contributed by atoms with Crippen LogP contribution in [0.15, 0.2) is 48.5 Å². The molecule has 0 fully saturated rings. The summed E-state index contributed by atoms with van der Waals surface area (Å²) >= 11 is 0. The Kier molecular flexibility index (Phi) is 9.70. The first kappa shape index (κ1) is 26.6. The van der Waals surface area contributed by atoms with E-state index in [4.69, 9.17) is 0 Å². The van der Waals surface area contributed by atoms with E-state index in [2.05, 4.69) is 63.3 Å². The highest BCUT2D eigenvalue weighted by atomic mass is 16.2. The van der Waals surface area contributed by atoms with Gasteiger partial charge in [0, 0.05) is 19.0 Å². The SMILES string of the molecule is CC[C@@H](C)NC(=O)[C@@H](CC)N(Cc1ccccc1C)C(=O)CCc1ccc(C(C)(C)C)cc1. The zero-order chi connectivity index (χ0) is 24.6. The van der Waals surface area contributed by atoms with Crippen molar-refractivity contribution in [2.75, 3.05) is 0 Å².